The lowest BCUT2D eigenvalue weighted by Gasteiger charge is -2.33. The molecule has 6 rings (SSSR count). The second-order valence-corrected chi connectivity index (χ2v) is 17.6. The van der Waals surface area contributed by atoms with Crippen molar-refractivity contribution < 1.29 is 46.9 Å². The van der Waals surface area contributed by atoms with Gasteiger partial charge in [0.15, 0.2) is 0 Å². The molecule has 4 heterocycles. The van der Waals surface area contributed by atoms with Gasteiger partial charge < -0.3 is 50.0 Å². The normalized spacial score (nSPS) is 25.0. The van der Waals surface area contributed by atoms with Crippen LogP contribution in [0.3, 0.4) is 0 Å². The quantitative estimate of drug-likeness (QED) is 0.210. The van der Waals surface area contributed by atoms with Gasteiger partial charge in [0.25, 0.3) is 0 Å². The summed E-state index contributed by atoms with van der Waals surface area (Å²) in [6, 6.07) is 8.98. The third-order valence-electron chi connectivity index (χ3n) is 10.8. The summed E-state index contributed by atoms with van der Waals surface area (Å²) in [5.74, 6) is -0.332. The number of hydrogen-bond acceptors (Lipinski definition) is 10. The summed E-state index contributed by atoms with van der Waals surface area (Å²) in [6.45, 7) is 12.3. The predicted octanol–water partition coefficient (Wildman–Crippen LogP) is 4.65. The van der Waals surface area contributed by atoms with Crippen LogP contribution in [0.25, 0.3) is 0 Å². The van der Waals surface area contributed by atoms with Crippen LogP contribution in [0, 0.1) is 11.6 Å². The SMILES string of the molecule is CC(C)(C)OC(=O)N[C@@H](CCCC[C@H](NC(=O)OC(C)(C)C)C(=O)N1CC[C@H]2NC[C@H](Oc3ccc(F)cc3)[C@H]21)C(=O)N1CC[C@H]2NC[C@H](Oc3ccc(F)cc3)[C@H]21. The summed E-state index contributed by atoms with van der Waals surface area (Å²) in [5, 5.41) is 12.5. The first kappa shape index (κ1) is 42.9. The smallest absolute Gasteiger partial charge is 0.408 e. The van der Waals surface area contributed by atoms with Crippen LogP contribution in [0.15, 0.2) is 48.5 Å². The van der Waals surface area contributed by atoms with Gasteiger partial charge in [-0.3, -0.25) is 9.59 Å². The van der Waals surface area contributed by atoms with E-state index < -0.39 is 47.7 Å². The van der Waals surface area contributed by atoms with Crippen molar-refractivity contribution in [3.63, 3.8) is 0 Å². The van der Waals surface area contributed by atoms with E-state index in [2.05, 4.69) is 21.3 Å². The Hall–Kier alpha value is -4.70. The Morgan fingerprint density at radius 3 is 1.36 bits per heavy atom. The first-order chi connectivity index (χ1) is 27.4. The van der Waals surface area contributed by atoms with E-state index in [-0.39, 0.29) is 60.5 Å². The second kappa shape index (κ2) is 18.1. The van der Waals surface area contributed by atoms with Crippen LogP contribution in [0.1, 0.15) is 80.1 Å². The minimum Gasteiger partial charge on any atom is -0.487 e. The maximum atomic E-state index is 14.4. The summed E-state index contributed by atoms with van der Waals surface area (Å²) in [5.41, 5.74) is -1.60. The van der Waals surface area contributed by atoms with E-state index in [4.69, 9.17) is 18.9 Å². The summed E-state index contributed by atoms with van der Waals surface area (Å²) < 4.78 is 50.7. The lowest BCUT2D eigenvalue weighted by Crippen LogP contribution is -2.55. The Morgan fingerprint density at radius 2 is 1.02 bits per heavy atom. The number of rotatable bonds is 13. The van der Waals surface area contributed by atoms with E-state index in [1.807, 2.05) is 0 Å². The minimum absolute atomic E-state index is 0.0109. The lowest BCUT2D eigenvalue weighted by molar-refractivity contribution is -0.136. The molecule has 4 aliphatic rings. The molecule has 0 unspecified atom stereocenters. The zero-order chi connectivity index (χ0) is 41.8. The molecule has 0 saturated carbocycles. The zero-order valence-corrected chi connectivity index (χ0v) is 34.2. The van der Waals surface area contributed by atoms with E-state index in [0.717, 1.165) is 0 Å². The van der Waals surface area contributed by atoms with Gasteiger partial charge in [0.1, 0.15) is 58.6 Å². The third kappa shape index (κ3) is 11.1. The van der Waals surface area contributed by atoms with Crippen LogP contribution < -0.4 is 30.7 Å². The van der Waals surface area contributed by atoms with Gasteiger partial charge in [0.05, 0.1) is 12.1 Å². The molecule has 4 amide bonds. The van der Waals surface area contributed by atoms with E-state index in [0.29, 0.717) is 63.4 Å². The van der Waals surface area contributed by atoms with Crippen LogP contribution in [0.4, 0.5) is 18.4 Å². The van der Waals surface area contributed by atoms with Crippen LogP contribution >= 0.6 is 0 Å². The molecule has 8 atom stereocenters. The van der Waals surface area contributed by atoms with Crippen molar-refractivity contribution in [1.82, 2.24) is 31.1 Å². The van der Waals surface area contributed by atoms with Gasteiger partial charge in [-0.25, -0.2) is 18.4 Å². The summed E-state index contributed by atoms with van der Waals surface area (Å²) in [4.78, 5) is 58.4. The number of carbonyl (C=O) groups is 4. The van der Waals surface area contributed by atoms with Crippen molar-refractivity contribution in [3.8, 4) is 11.5 Å². The Bertz CT molecular complexity index is 1630. The molecule has 4 N–H and O–H groups in total. The fraction of sp³-hybridized carbons (Fsp3) is 0.619. The molecule has 4 saturated heterocycles. The number of ether oxygens (including phenoxy) is 4. The van der Waals surface area contributed by atoms with Crippen molar-refractivity contribution in [3.05, 3.63) is 60.2 Å². The van der Waals surface area contributed by atoms with Crippen molar-refractivity contribution in [2.75, 3.05) is 26.2 Å². The molecule has 0 bridgehead atoms. The molecule has 4 fully saturated rings. The molecule has 0 aliphatic carbocycles. The van der Waals surface area contributed by atoms with E-state index >= 15 is 0 Å². The summed E-state index contributed by atoms with van der Waals surface area (Å²) in [6.07, 6.45) is 0.478. The molecule has 2 aromatic rings. The van der Waals surface area contributed by atoms with Crippen molar-refractivity contribution in [1.29, 1.82) is 0 Å². The lowest BCUT2D eigenvalue weighted by atomic mass is 10.0. The number of amides is 4. The molecule has 58 heavy (non-hydrogen) atoms. The molecular weight excluding hydrogens is 754 g/mol. The molecule has 2 aromatic carbocycles. The molecule has 0 aromatic heterocycles. The van der Waals surface area contributed by atoms with Gasteiger partial charge in [0, 0.05) is 38.3 Å². The number of nitrogens with zero attached hydrogens (tertiary/aromatic N) is 2. The maximum absolute atomic E-state index is 14.4. The Labute approximate surface area is 339 Å². The topological polar surface area (TPSA) is 160 Å². The number of fused-ring (bicyclic) bond motifs is 2. The van der Waals surface area contributed by atoms with Crippen molar-refractivity contribution in [2.24, 2.45) is 0 Å². The molecule has 4 aliphatic heterocycles. The number of benzene rings is 2. The predicted molar refractivity (Wildman–Crippen MR) is 210 cm³/mol. The Morgan fingerprint density at radius 1 is 0.655 bits per heavy atom. The van der Waals surface area contributed by atoms with E-state index in [1.54, 1.807) is 75.6 Å². The van der Waals surface area contributed by atoms with Gasteiger partial charge in [-0.1, -0.05) is 12.8 Å². The first-order valence-electron chi connectivity index (χ1n) is 20.4. The molecule has 0 radical (unpaired) electrons. The fourth-order valence-electron chi connectivity index (χ4n) is 8.40. The van der Waals surface area contributed by atoms with Crippen molar-refractivity contribution >= 4 is 24.0 Å². The second-order valence-electron chi connectivity index (χ2n) is 17.6. The zero-order valence-electron chi connectivity index (χ0n) is 34.2. The fourth-order valence-corrected chi connectivity index (χ4v) is 8.40. The molecule has 16 heteroatoms. The Balaban J connectivity index is 1.14. The van der Waals surface area contributed by atoms with Gasteiger partial charge >= 0.3 is 12.2 Å². The van der Waals surface area contributed by atoms with Crippen LogP contribution in [-0.2, 0) is 19.1 Å². The third-order valence-corrected chi connectivity index (χ3v) is 10.8. The maximum Gasteiger partial charge on any atom is 0.408 e. The molecule has 318 valence electrons. The Kier molecular flexibility index (Phi) is 13.4. The highest BCUT2D eigenvalue weighted by molar-refractivity contribution is 5.87. The van der Waals surface area contributed by atoms with Gasteiger partial charge in [-0.2, -0.15) is 0 Å². The number of unbranched alkanes of at least 4 members (excludes halogenated alkanes) is 1. The largest absolute Gasteiger partial charge is 0.487 e. The minimum atomic E-state index is -0.943. The van der Waals surface area contributed by atoms with Gasteiger partial charge in [0.2, 0.25) is 11.8 Å². The highest BCUT2D eigenvalue weighted by Gasteiger charge is 2.50. The van der Waals surface area contributed by atoms with E-state index in [9.17, 15) is 28.0 Å². The first-order valence-corrected chi connectivity index (χ1v) is 20.4. The van der Waals surface area contributed by atoms with Crippen LogP contribution in [0.2, 0.25) is 0 Å². The van der Waals surface area contributed by atoms with Gasteiger partial charge in [-0.15, -0.1) is 0 Å². The molecular formula is C42H58F2N6O8. The number of halogens is 2. The number of hydrogen-bond donors (Lipinski definition) is 4. The van der Waals surface area contributed by atoms with Crippen LogP contribution in [-0.4, -0.2) is 120 Å². The molecule has 0 spiro atoms. The summed E-state index contributed by atoms with van der Waals surface area (Å²) >= 11 is 0. The van der Waals surface area contributed by atoms with Crippen LogP contribution in [0.5, 0.6) is 11.5 Å². The monoisotopic (exact) mass is 812 g/mol. The number of likely N-dealkylation sites (tertiary alicyclic amines) is 2. The molecule has 14 nitrogen and oxygen atoms in total. The van der Waals surface area contributed by atoms with Gasteiger partial charge in [-0.05, 0) is 116 Å². The average Bonchev–Trinajstić information content (AvgIpc) is 3.93. The van der Waals surface area contributed by atoms with Crippen molar-refractivity contribution in [2.45, 2.75) is 140 Å². The number of nitrogens with one attached hydrogen (secondary N) is 4. The standard InChI is InChI=1S/C42H58F2N6O8/c1-41(2,3)57-39(53)47-31(37(51)49-21-19-29-35(49)33(23-45-29)55-27-15-11-25(43)12-16-27)9-7-8-10-32(48-40(54)58-42(4,5)6)38(52)50-22-20-30-36(50)34(24-46-30)56-28-17-13-26(44)14-18-28/h11-18,29-36,45-46H,7-10,19-24H2,1-6H3,(H,47,53)(H,48,54)/t29-,30-,31+,32+,33+,34+,35+,36+/m1/s1. The highest BCUT2D eigenvalue weighted by atomic mass is 19.1. The highest BCUT2D eigenvalue weighted by Crippen LogP contribution is 2.32. The summed E-state index contributed by atoms with van der Waals surface area (Å²) in [7, 11) is 0. The number of alkyl carbamates (subject to hydrolysis) is 2. The van der Waals surface area contributed by atoms with E-state index in [1.165, 1.54) is 24.3 Å². The number of carbonyl (C=O) groups excluding carboxylic acids is 4. The average molecular weight is 813 g/mol.